The molecule has 1 amide bonds. The first-order chi connectivity index (χ1) is 15.4. The van der Waals surface area contributed by atoms with Gasteiger partial charge in [0.25, 0.3) is 0 Å². The molecule has 3 rings (SSSR count). The summed E-state index contributed by atoms with van der Waals surface area (Å²) >= 11 is 0. The van der Waals surface area contributed by atoms with Crippen LogP contribution < -0.4 is 4.90 Å². The summed E-state index contributed by atoms with van der Waals surface area (Å²) in [6.45, 7) is 7.56. The highest BCUT2D eigenvalue weighted by Gasteiger charge is 2.48. The monoisotopic (exact) mass is 461 g/mol. The fourth-order valence-electron chi connectivity index (χ4n) is 4.59. The average molecular weight is 462 g/mol. The number of anilines is 1. The average Bonchev–Trinajstić information content (AvgIpc) is 3.09. The van der Waals surface area contributed by atoms with Crippen molar-refractivity contribution < 1.29 is 22.4 Å². The Morgan fingerprint density at radius 2 is 1.94 bits per heavy atom. The molecule has 0 aromatic heterocycles. The molecule has 0 aliphatic carbocycles. The van der Waals surface area contributed by atoms with Crippen LogP contribution in [0.4, 0.5) is 23.2 Å². The molecule has 0 spiro atoms. The lowest BCUT2D eigenvalue weighted by Gasteiger charge is -2.43. The normalized spacial score (nSPS) is 18.7. The number of benzene rings is 2. The summed E-state index contributed by atoms with van der Waals surface area (Å²) in [4.78, 5) is 16.4. The van der Waals surface area contributed by atoms with Gasteiger partial charge in [0, 0.05) is 24.8 Å². The van der Waals surface area contributed by atoms with E-state index in [4.69, 9.17) is 0 Å². The zero-order valence-corrected chi connectivity index (χ0v) is 19.1. The van der Waals surface area contributed by atoms with Gasteiger partial charge in [-0.05, 0) is 62.6 Å². The third-order valence-electron chi connectivity index (χ3n) is 6.47. The fraction of sp³-hybridized carbons (Fsp3) is 0.440. The SMILES string of the molecule is CC[C@@]1(N(Cc2cccc(F)c2C(F)(F)F)c2ccc(C#N)c(C)c2)CC(=O)N(C(C)C)C1. The Morgan fingerprint density at radius 3 is 2.45 bits per heavy atom. The van der Waals surface area contributed by atoms with Crippen molar-refractivity contribution in [3.63, 3.8) is 0 Å². The van der Waals surface area contributed by atoms with Gasteiger partial charge in [0.2, 0.25) is 5.91 Å². The maximum atomic E-state index is 14.3. The van der Waals surface area contributed by atoms with Gasteiger partial charge in [-0.1, -0.05) is 19.1 Å². The molecule has 0 bridgehead atoms. The molecule has 4 nitrogen and oxygen atoms in total. The maximum absolute atomic E-state index is 14.3. The van der Waals surface area contributed by atoms with E-state index in [0.717, 1.165) is 6.07 Å². The first kappa shape index (κ1) is 24.6. The topological polar surface area (TPSA) is 47.3 Å². The molecule has 2 aromatic rings. The second-order valence-electron chi connectivity index (χ2n) is 8.84. The molecule has 33 heavy (non-hydrogen) atoms. The largest absolute Gasteiger partial charge is 0.419 e. The lowest BCUT2D eigenvalue weighted by Crippen LogP contribution is -2.51. The number of aryl methyl sites for hydroxylation is 1. The Hall–Kier alpha value is -3.08. The predicted molar refractivity (Wildman–Crippen MR) is 118 cm³/mol. The zero-order valence-electron chi connectivity index (χ0n) is 19.1. The Labute approximate surface area is 191 Å². The third-order valence-corrected chi connectivity index (χ3v) is 6.47. The smallest absolute Gasteiger partial charge is 0.359 e. The number of likely N-dealkylation sites (tertiary alicyclic amines) is 1. The van der Waals surface area contributed by atoms with Crippen LogP contribution in [-0.4, -0.2) is 28.9 Å². The van der Waals surface area contributed by atoms with Crippen molar-refractivity contribution in [2.45, 2.75) is 64.8 Å². The van der Waals surface area contributed by atoms with Gasteiger partial charge in [-0.2, -0.15) is 18.4 Å². The number of amides is 1. The predicted octanol–water partition coefficient (Wildman–Crippen LogP) is 5.82. The highest BCUT2D eigenvalue weighted by atomic mass is 19.4. The van der Waals surface area contributed by atoms with E-state index in [0.29, 0.717) is 29.8 Å². The van der Waals surface area contributed by atoms with Crippen LogP contribution in [0.25, 0.3) is 0 Å². The van der Waals surface area contributed by atoms with Crippen LogP contribution in [0.15, 0.2) is 36.4 Å². The summed E-state index contributed by atoms with van der Waals surface area (Å²) in [7, 11) is 0. The number of nitriles is 1. The molecule has 2 aromatic carbocycles. The van der Waals surface area contributed by atoms with E-state index in [1.54, 1.807) is 34.9 Å². The van der Waals surface area contributed by atoms with Crippen LogP contribution in [-0.2, 0) is 17.5 Å². The van der Waals surface area contributed by atoms with Crippen molar-refractivity contribution in [3.8, 4) is 6.07 Å². The first-order valence-electron chi connectivity index (χ1n) is 10.9. The summed E-state index contributed by atoms with van der Waals surface area (Å²) in [5.74, 6) is -1.40. The molecule has 8 heteroatoms. The Balaban J connectivity index is 2.18. The van der Waals surface area contributed by atoms with Crippen LogP contribution in [0.5, 0.6) is 0 Å². The molecule has 1 saturated heterocycles. The molecule has 1 heterocycles. The summed E-state index contributed by atoms with van der Waals surface area (Å²) < 4.78 is 55.6. The van der Waals surface area contributed by atoms with Gasteiger partial charge in [-0.3, -0.25) is 4.79 Å². The van der Waals surface area contributed by atoms with Gasteiger partial charge in [0.1, 0.15) is 5.82 Å². The van der Waals surface area contributed by atoms with Crippen molar-refractivity contribution in [2.75, 3.05) is 11.4 Å². The molecule has 0 saturated carbocycles. The second kappa shape index (κ2) is 9.05. The highest BCUT2D eigenvalue weighted by molar-refractivity contribution is 5.82. The molecule has 1 aliphatic heterocycles. The van der Waals surface area contributed by atoms with Crippen LogP contribution in [0.2, 0.25) is 0 Å². The number of hydrogen-bond acceptors (Lipinski definition) is 3. The molecule has 1 fully saturated rings. The minimum Gasteiger partial charge on any atom is -0.359 e. The molecule has 176 valence electrons. The number of rotatable bonds is 6. The molecule has 0 unspecified atom stereocenters. The number of carbonyl (C=O) groups excluding carboxylic acids is 1. The van der Waals surface area contributed by atoms with Gasteiger partial charge in [-0.15, -0.1) is 0 Å². The number of halogens is 4. The first-order valence-corrected chi connectivity index (χ1v) is 10.9. The lowest BCUT2D eigenvalue weighted by atomic mass is 9.90. The minimum atomic E-state index is -4.86. The summed E-state index contributed by atoms with van der Waals surface area (Å²) in [6.07, 6.45) is -4.23. The number of hydrogen-bond donors (Lipinski definition) is 0. The van der Waals surface area contributed by atoms with E-state index in [2.05, 4.69) is 6.07 Å². The third kappa shape index (κ3) is 4.68. The van der Waals surface area contributed by atoms with Crippen LogP contribution in [0.3, 0.4) is 0 Å². The second-order valence-corrected chi connectivity index (χ2v) is 8.84. The minimum absolute atomic E-state index is 0.0598. The van der Waals surface area contributed by atoms with Crippen LogP contribution in [0.1, 0.15) is 55.9 Å². The van der Waals surface area contributed by atoms with Gasteiger partial charge in [0.05, 0.1) is 29.2 Å². The number of alkyl halides is 3. The van der Waals surface area contributed by atoms with Crippen molar-refractivity contribution >= 4 is 11.6 Å². The van der Waals surface area contributed by atoms with Gasteiger partial charge in [-0.25, -0.2) is 4.39 Å². The summed E-state index contributed by atoms with van der Waals surface area (Å²) in [5.41, 5.74) is -0.561. The fourth-order valence-corrected chi connectivity index (χ4v) is 4.59. The standard InChI is InChI=1S/C25H27F4N3O/c1-5-24(12-22(33)31(15-24)16(2)3)32(20-10-9-18(13-30)17(4)11-20)14-19-7-6-8-21(26)23(19)25(27,28)29/h6-11,16H,5,12,14-15H2,1-4H3/t24-/m1/s1. The van der Waals surface area contributed by atoms with Crippen LogP contribution in [0, 0.1) is 24.1 Å². The van der Waals surface area contributed by atoms with E-state index in [1.807, 2.05) is 20.8 Å². The molecular formula is C25H27F4N3O. The van der Waals surface area contributed by atoms with Crippen molar-refractivity contribution in [2.24, 2.45) is 0 Å². The molecular weight excluding hydrogens is 434 g/mol. The van der Waals surface area contributed by atoms with E-state index in [-0.39, 0.29) is 30.5 Å². The van der Waals surface area contributed by atoms with E-state index >= 15 is 0 Å². The van der Waals surface area contributed by atoms with Crippen molar-refractivity contribution in [1.29, 1.82) is 5.26 Å². The maximum Gasteiger partial charge on any atom is 0.419 e. The quantitative estimate of drug-likeness (QED) is 0.509. The van der Waals surface area contributed by atoms with E-state index in [1.165, 1.54) is 12.1 Å². The van der Waals surface area contributed by atoms with Gasteiger partial charge in [0.15, 0.2) is 0 Å². The van der Waals surface area contributed by atoms with Crippen LogP contribution >= 0.6 is 0 Å². The number of carbonyl (C=O) groups is 1. The van der Waals surface area contributed by atoms with E-state index < -0.39 is 23.1 Å². The van der Waals surface area contributed by atoms with Gasteiger partial charge >= 0.3 is 6.18 Å². The lowest BCUT2D eigenvalue weighted by molar-refractivity contribution is -0.140. The van der Waals surface area contributed by atoms with Gasteiger partial charge < -0.3 is 9.80 Å². The summed E-state index contributed by atoms with van der Waals surface area (Å²) in [5, 5.41) is 9.30. The molecule has 0 radical (unpaired) electrons. The molecule has 0 N–H and O–H groups in total. The van der Waals surface area contributed by atoms with E-state index in [9.17, 15) is 27.6 Å². The zero-order chi connectivity index (χ0) is 24.6. The number of nitrogens with zero attached hydrogens (tertiary/aromatic N) is 3. The Kier molecular flexibility index (Phi) is 6.73. The Bertz CT molecular complexity index is 1090. The Morgan fingerprint density at radius 1 is 1.24 bits per heavy atom. The van der Waals surface area contributed by atoms with Crippen molar-refractivity contribution in [1.82, 2.24) is 4.90 Å². The highest BCUT2D eigenvalue weighted by Crippen LogP contribution is 2.41. The van der Waals surface area contributed by atoms with Crippen molar-refractivity contribution in [3.05, 3.63) is 64.5 Å². The summed E-state index contributed by atoms with van der Waals surface area (Å²) in [6, 6.07) is 10.4. The molecule has 1 atom stereocenters. The molecule has 1 aliphatic rings.